The summed E-state index contributed by atoms with van der Waals surface area (Å²) in [6.07, 6.45) is 0. The van der Waals surface area contributed by atoms with Crippen molar-refractivity contribution in [1.82, 2.24) is 0 Å². The highest BCUT2D eigenvalue weighted by atomic mass is 32.1. The Morgan fingerprint density at radius 1 is 0.300 bits per heavy atom. The standard InChI is InChI=1S/C56H43N3S/c1-40-17-14-25-47(35-40)58(44-21-8-4-9-22-44)50-37-49(38-51(39-50)59(45-23-10-5-11-24-45)48-26-15-18-41(2)36-48)57(43-19-6-3-7-20-43)46-33-31-42(32-34-46)52-28-16-29-54-53-27-12-13-30-55(53)60-56(52)54/h3-39H,1-2H3. The van der Waals surface area contributed by atoms with E-state index in [1.54, 1.807) is 0 Å². The van der Waals surface area contributed by atoms with Gasteiger partial charge in [0.25, 0.3) is 0 Å². The first-order chi connectivity index (χ1) is 29.6. The number of para-hydroxylation sites is 3. The Morgan fingerprint density at radius 3 is 1.20 bits per heavy atom. The van der Waals surface area contributed by atoms with E-state index in [9.17, 15) is 0 Å². The summed E-state index contributed by atoms with van der Waals surface area (Å²) in [5.74, 6) is 0. The number of thiophene rings is 1. The number of nitrogens with zero attached hydrogens (tertiary/aromatic N) is 3. The molecule has 288 valence electrons. The van der Waals surface area contributed by atoms with Crippen LogP contribution in [0, 0.1) is 13.8 Å². The van der Waals surface area contributed by atoms with Crippen LogP contribution in [0.25, 0.3) is 31.3 Å². The molecule has 1 aromatic heterocycles. The Kier molecular flexibility index (Phi) is 9.90. The summed E-state index contributed by atoms with van der Waals surface area (Å²) in [5.41, 5.74) is 14.5. The maximum absolute atomic E-state index is 2.38. The normalized spacial score (nSPS) is 11.2. The second kappa shape index (κ2) is 16.1. The molecule has 0 aliphatic heterocycles. The van der Waals surface area contributed by atoms with E-state index in [2.05, 4.69) is 253 Å². The molecule has 0 saturated carbocycles. The molecule has 3 nitrogen and oxygen atoms in total. The summed E-state index contributed by atoms with van der Waals surface area (Å²) in [6.45, 7) is 4.32. The van der Waals surface area contributed by atoms with Crippen LogP contribution in [0.5, 0.6) is 0 Å². The van der Waals surface area contributed by atoms with Crippen LogP contribution in [-0.2, 0) is 0 Å². The number of aryl methyl sites for hydroxylation is 2. The predicted octanol–water partition coefficient (Wildman–Crippen LogP) is 16.7. The zero-order valence-corrected chi connectivity index (χ0v) is 34.4. The molecule has 0 radical (unpaired) electrons. The van der Waals surface area contributed by atoms with E-state index in [1.807, 2.05) is 11.3 Å². The van der Waals surface area contributed by atoms with Gasteiger partial charge in [0.05, 0.1) is 17.1 Å². The lowest BCUT2D eigenvalue weighted by Gasteiger charge is -2.33. The first-order valence-electron chi connectivity index (χ1n) is 20.4. The van der Waals surface area contributed by atoms with Crippen LogP contribution in [-0.4, -0.2) is 0 Å². The summed E-state index contributed by atoms with van der Waals surface area (Å²) in [4.78, 5) is 7.13. The van der Waals surface area contributed by atoms with E-state index in [-0.39, 0.29) is 0 Å². The third-order valence-electron chi connectivity index (χ3n) is 11.1. The Balaban J connectivity index is 1.19. The molecule has 0 aliphatic carbocycles. The molecule has 9 aromatic carbocycles. The Labute approximate surface area is 356 Å². The van der Waals surface area contributed by atoms with Crippen molar-refractivity contribution < 1.29 is 0 Å². The highest BCUT2D eigenvalue weighted by molar-refractivity contribution is 7.26. The lowest BCUT2D eigenvalue weighted by molar-refractivity contribution is 1.22. The van der Waals surface area contributed by atoms with Crippen LogP contribution < -0.4 is 14.7 Å². The van der Waals surface area contributed by atoms with Gasteiger partial charge in [0.2, 0.25) is 0 Å². The van der Waals surface area contributed by atoms with Crippen molar-refractivity contribution in [3.8, 4) is 11.1 Å². The second-order valence-electron chi connectivity index (χ2n) is 15.2. The second-order valence-corrected chi connectivity index (χ2v) is 16.3. The predicted molar refractivity (Wildman–Crippen MR) is 258 cm³/mol. The van der Waals surface area contributed by atoms with E-state index in [1.165, 1.54) is 42.4 Å². The molecular formula is C56H43N3S. The van der Waals surface area contributed by atoms with Crippen molar-refractivity contribution in [3.63, 3.8) is 0 Å². The molecule has 10 rings (SSSR count). The maximum atomic E-state index is 2.38. The van der Waals surface area contributed by atoms with Crippen LogP contribution in [0.4, 0.5) is 51.2 Å². The fourth-order valence-corrected chi connectivity index (χ4v) is 9.58. The average molecular weight is 790 g/mol. The van der Waals surface area contributed by atoms with Gasteiger partial charge in [0, 0.05) is 54.3 Å². The van der Waals surface area contributed by atoms with Crippen molar-refractivity contribution in [2.45, 2.75) is 13.8 Å². The number of hydrogen-bond acceptors (Lipinski definition) is 4. The van der Waals surface area contributed by atoms with Crippen molar-refractivity contribution >= 4 is 82.7 Å². The molecule has 0 atom stereocenters. The average Bonchev–Trinajstić information content (AvgIpc) is 3.67. The van der Waals surface area contributed by atoms with Crippen LogP contribution in [0.15, 0.2) is 224 Å². The zero-order chi connectivity index (χ0) is 40.4. The van der Waals surface area contributed by atoms with Gasteiger partial charge in [0.15, 0.2) is 0 Å². The van der Waals surface area contributed by atoms with Crippen LogP contribution in [0.1, 0.15) is 11.1 Å². The SMILES string of the molecule is Cc1cccc(N(c2ccccc2)c2cc(N(c3ccccc3)c3ccc(-c4cccc5c4sc4ccccc45)cc3)cc(N(c3ccccc3)c3cccc(C)c3)c2)c1. The van der Waals surface area contributed by atoms with Crippen molar-refractivity contribution in [2.75, 3.05) is 14.7 Å². The molecule has 0 saturated heterocycles. The summed E-state index contributed by atoms with van der Waals surface area (Å²) in [5, 5.41) is 2.62. The smallest absolute Gasteiger partial charge is 0.0503 e. The third kappa shape index (κ3) is 7.19. The molecule has 0 spiro atoms. The minimum Gasteiger partial charge on any atom is -0.310 e. The maximum Gasteiger partial charge on any atom is 0.0503 e. The topological polar surface area (TPSA) is 9.72 Å². The summed E-state index contributed by atoms with van der Waals surface area (Å²) in [7, 11) is 0. The molecule has 0 N–H and O–H groups in total. The first kappa shape index (κ1) is 36.9. The number of benzene rings is 9. The van der Waals surface area contributed by atoms with Gasteiger partial charge in [-0.25, -0.2) is 0 Å². The van der Waals surface area contributed by atoms with Gasteiger partial charge < -0.3 is 14.7 Å². The summed E-state index contributed by atoms with van der Waals surface area (Å²) >= 11 is 1.87. The van der Waals surface area contributed by atoms with Gasteiger partial charge in [-0.2, -0.15) is 0 Å². The van der Waals surface area contributed by atoms with E-state index in [0.717, 1.165) is 51.2 Å². The molecule has 60 heavy (non-hydrogen) atoms. The van der Waals surface area contributed by atoms with Gasteiger partial charge >= 0.3 is 0 Å². The molecule has 0 amide bonds. The molecule has 0 unspecified atom stereocenters. The Hall–Kier alpha value is -7.40. The van der Waals surface area contributed by atoms with Gasteiger partial charge in [0.1, 0.15) is 0 Å². The molecule has 0 fully saturated rings. The first-order valence-corrected chi connectivity index (χ1v) is 21.2. The zero-order valence-electron chi connectivity index (χ0n) is 33.6. The van der Waals surface area contributed by atoms with Crippen LogP contribution in [0.3, 0.4) is 0 Å². The largest absolute Gasteiger partial charge is 0.310 e. The molecule has 1 heterocycles. The van der Waals surface area contributed by atoms with E-state index >= 15 is 0 Å². The monoisotopic (exact) mass is 789 g/mol. The fourth-order valence-electron chi connectivity index (χ4n) is 8.34. The van der Waals surface area contributed by atoms with Gasteiger partial charge in [-0.3, -0.25) is 0 Å². The number of hydrogen-bond donors (Lipinski definition) is 0. The number of fused-ring (bicyclic) bond motifs is 3. The minimum atomic E-state index is 1.04. The molecule has 0 aliphatic rings. The molecule has 0 bridgehead atoms. The lowest BCUT2D eigenvalue weighted by Crippen LogP contribution is -2.16. The minimum absolute atomic E-state index is 1.04. The molecule has 4 heteroatoms. The van der Waals surface area contributed by atoms with Crippen molar-refractivity contribution in [3.05, 3.63) is 236 Å². The lowest BCUT2D eigenvalue weighted by atomic mass is 10.0. The van der Waals surface area contributed by atoms with E-state index < -0.39 is 0 Å². The Morgan fingerprint density at radius 2 is 0.700 bits per heavy atom. The van der Waals surface area contributed by atoms with Crippen LogP contribution >= 0.6 is 11.3 Å². The molecule has 10 aromatic rings. The van der Waals surface area contributed by atoms with Gasteiger partial charge in [-0.15, -0.1) is 11.3 Å². The van der Waals surface area contributed by atoms with E-state index in [0.29, 0.717) is 0 Å². The quantitative estimate of drug-likeness (QED) is 0.137. The fraction of sp³-hybridized carbons (Fsp3) is 0.0357. The van der Waals surface area contributed by atoms with E-state index in [4.69, 9.17) is 0 Å². The summed E-state index contributed by atoms with van der Waals surface area (Å²) < 4.78 is 2.63. The van der Waals surface area contributed by atoms with Crippen molar-refractivity contribution in [1.29, 1.82) is 0 Å². The highest BCUT2D eigenvalue weighted by Crippen LogP contribution is 2.47. The third-order valence-corrected chi connectivity index (χ3v) is 12.3. The van der Waals surface area contributed by atoms with Gasteiger partial charge in [-0.05, 0) is 133 Å². The van der Waals surface area contributed by atoms with Gasteiger partial charge in [-0.1, -0.05) is 127 Å². The number of anilines is 9. The van der Waals surface area contributed by atoms with Crippen LogP contribution in [0.2, 0.25) is 0 Å². The van der Waals surface area contributed by atoms with Crippen molar-refractivity contribution in [2.24, 2.45) is 0 Å². The Bertz CT molecular complexity index is 2960. The molecular weight excluding hydrogens is 747 g/mol. The number of rotatable bonds is 10. The summed E-state index contributed by atoms with van der Waals surface area (Å²) in [6, 6.07) is 81.1. The highest BCUT2D eigenvalue weighted by Gasteiger charge is 2.23.